The molecule has 0 saturated heterocycles. The number of allylic oxidation sites excluding steroid dienone is 2. The largest absolute Gasteiger partial charge is 0.465 e. The van der Waals surface area contributed by atoms with Crippen molar-refractivity contribution in [3.05, 3.63) is 52.9 Å². The van der Waals surface area contributed by atoms with Crippen molar-refractivity contribution in [3.8, 4) is 0 Å². The van der Waals surface area contributed by atoms with E-state index in [0.29, 0.717) is 24.2 Å². The summed E-state index contributed by atoms with van der Waals surface area (Å²) in [5.74, 6) is -0.664. The van der Waals surface area contributed by atoms with E-state index in [1.165, 1.54) is 7.11 Å². The van der Waals surface area contributed by atoms with Gasteiger partial charge in [-0.15, -0.1) is 0 Å². The second kappa shape index (κ2) is 5.63. The summed E-state index contributed by atoms with van der Waals surface area (Å²) >= 11 is 0. The lowest BCUT2D eigenvalue weighted by Crippen LogP contribution is -2.31. The highest BCUT2D eigenvalue weighted by molar-refractivity contribution is 6.03. The molecule has 1 aromatic heterocycles. The number of hydrogen-bond acceptors (Lipinski definition) is 6. The number of hydrogen-bond donors (Lipinski definition) is 1. The molecule has 6 nitrogen and oxygen atoms in total. The molecule has 2 heterocycles. The zero-order chi connectivity index (χ0) is 15.7. The van der Waals surface area contributed by atoms with Crippen LogP contribution >= 0.6 is 0 Å². The molecule has 0 unspecified atom stereocenters. The van der Waals surface area contributed by atoms with Crippen molar-refractivity contribution in [1.82, 2.24) is 4.98 Å². The number of nitrogens with zero attached hydrogens (tertiary/aromatic N) is 1. The lowest BCUT2D eigenvalue weighted by Gasteiger charge is -2.32. The van der Waals surface area contributed by atoms with Crippen LogP contribution in [-0.2, 0) is 19.1 Å². The predicted octanol–water partition coefficient (Wildman–Crippen LogP) is 1.55. The molecule has 3 rings (SSSR count). The van der Waals surface area contributed by atoms with E-state index >= 15 is 0 Å². The number of carbonyl (C=O) groups excluding carboxylic acids is 2. The second-order valence-electron chi connectivity index (χ2n) is 5.20. The molecule has 0 amide bonds. The van der Waals surface area contributed by atoms with Gasteiger partial charge in [0.1, 0.15) is 11.3 Å². The minimum atomic E-state index is -0.601. The molecule has 0 saturated carbocycles. The number of ketones is 1. The van der Waals surface area contributed by atoms with Gasteiger partial charge in [0.05, 0.1) is 13.0 Å². The van der Waals surface area contributed by atoms with Crippen molar-refractivity contribution in [2.45, 2.75) is 25.2 Å². The Morgan fingerprint density at radius 1 is 1.45 bits per heavy atom. The fourth-order valence-electron chi connectivity index (χ4n) is 2.95. The summed E-state index contributed by atoms with van der Waals surface area (Å²) in [6.07, 6.45) is 5.04. The first-order valence-electron chi connectivity index (χ1n) is 7.05. The Labute approximate surface area is 127 Å². The molecule has 22 heavy (non-hydrogen) atoms. The fraction of sp³-hybridized carbons (Fsp3) is 0.312. The van der Waals surface area contributed by atoms with E-state index < -0.39 is 11.9 Å². The van der Waals surface area contributed by atoms with E-state index in [2.05, 4.69) is 4.98 Å². The summed E-state index contributed by atoms with van der Waals surface area (Å²) in [4.78, 5) is 28.6. The summed E-state index contributed by atoms with van der Waals surface area (Å²) in [6, 6.07) is 3.56. The van der Waals surface area contributed by atoms with Crippen LogP contribution in [0.3, 0.4) is 0 Å². The van der Waals surface area contributed by atoms with Crippen LogP contribution in [0, 0.1) is 0 Å². The number of rotatable bonds is 2. The molecule has 2 N–H and O–H groups in total. The van der Waals surface area contributed by atoms with Crippen LogP contribution < -0.4 is 5.73 Å². The molecule has 1 aliphatic heterocycles. The van der Waals surface area contributed by atoms with Crippen LogP contribution in [0.4, 0.5) is 0 Å². The van der Waals surface area contributed by atoms with Gasteiger partial charge in [0, 0.05) is 30.8 Å². The molecular formula is C16H16N2O4. The van der Waals surface area contributed by atoms with E-state index in [9.17, 15) is 9.59 Å². The molecule has 1 aliphatic carbocycles. The monoisotopic (exact) mass is 300 g/mol. The predicted molar refractivity (Wildman–Crippen MR) is 77.2 cm³/mol. The summed E-state index contributed by atoms with van der Waals surface area (Å²) in [7, 11) is 1.27. The number of esters is 1. The van der Waals surface area contributed by atoms with Crippen molar-refractivity contribution < 1.29 is 19.1 Å². The zero-order valence-corrected chi connectivity index (χ0v) is 12.2. The maximum atomic E-state index is 12.4. The maximum absolute atomic E-state index is 12.4. The van der Waals surface area contributed by atoms with Gasteiger partial charge in [0.15, 0.2) is 5.78 Å². The summed E-state index contributed by atoms with van der Waals surface area (Å²) < 4.78 is 10.4. The number of nitrogens with two attached hydrogens (primary N) is 1. The van der Waals surface area contributed by atoms with Crippen LogP contribution in [0.2, 0.25) is 0 Å². The number of ether oxygens (including phenoxy) is 2. The SMILES string of the molecule is COC(=O)C1=C(N)OC2=C(C(=O)CCC2)[C@@H]1c1cccnc1. The van der Waals surface area contributed by atoms with E-state index in [4.69, 9.17) is 15.2 Å². The van der Waals surface area contributed by atoms with Gasteiger partial charge in [-0.3, -0.25) is 9.78 Å². The Kier molecular flexibility index (Phi) is 3.66. The molecule has 6 heteroatoms. The van der Waals surface area contributed by atoms with Crippen LogP contribution in [0.25, 0.3) is 0 Å². The fourth-order valence-corrected chi connectivity index (χ4v) is 2.95. The molecule has 2 aliphatic rings. The van der Waals surface area contributed by atoms with Crippen LogP contribution in [-0.4, -0.2) is 23.8 Å². The number of Topliss-reactive ketones (excluding diaryl/α,β-unsaturated/α-hetero) is 1. The first kappa shape index (κ1) is 14.3. The first-order chi connectivity index (χ1) is 10.6. The van der Waals surface area contributed by atoms with Gasteiger partial charge in [-0.1, -0.05) is 6.07 Å². The number of aromatic nitrogens is 1. The Hall–Kier alpha value is -2.63. The third kappa shape index (κ3) is 2.26. The van der Waals surface area contributed by atoms with E-state index in [1.54, 1.807) is 18.5 Å². The number of carbonyl (C=O) groups is 2. The summed E-state index contributed by atoms with van der Waals surface area (Å²) in [5.41, 5.74) is 7.30. The second-order valence-corrected chi connectivity index (χ2v) is 5.20. The normalized spacial score (nSPS) is 21.3. The number of methoxy groups -OCH3 is 1. The molecule has 0 bridgehead atoms. The molecule has 0 radical (unpaired) electrons. The van der Waals surface area contributed by atoms with Crippen molar-refractivity contribution in [3.63, 3.8) is 0 Å². The quantitative estimate of drug-likeness (QED) is 0.833. The van der Waals surface area contributed by atoms with Gasteiger partial charge in [-0.05, 0) is 18.1 Å². The highest BCUT2D eigenvalue weighted by Crippen LogP contribution is 2.43. The Morgan fingerprint density at radius 2 is 2.27 bits per heavy atom. The Bertz CT molecular complexity index is 691. The maximum Gasteiger partial charge on any atom is 0.340 e. The molecule has 0 fully saturated rings. The van der Waals surface area contributed by atoms with Crippen molar-refractivity contribution >= 4 is 11.8 Å². The minimum absolute atomic E-state index is 0.00541. The van der Waals surface area contributed by atoms with E-state index in [0.717, 1.165) is 12.0 Å². The Balaban J connectivity index is 2.18. The highest BCUT2D eigenvalue weighted by Gasteiger charge is 2.41. The Morgan fingerprint density at radius 3 is 2.95 bits per heavy atom. The average Bonchev–Trinajstić information content (AvgIpc) is 2.54. The third-order valence-corrected chi connectivity index (χ3v) is 3.91. The van der Waals surface area contributed by atoms with E-state index in [1.807, 2.05) is 6.07 Å². The third-order valence-electron chi connectivity index (χ3n) is 3.91. The molecule has 0 spiro atoms. The van der Waals surface area contributed by atoms with Crippen LogP contribution in [0.1, 0.15) is 30.7 Å². The standard InChI is InChI=1S/C16H16N2O4/c1-21-16(20)14-12(9-4-3-7-18-8-9)13-10(19)5-2-6-11(13)22-15(14)17/h3-4,7-8,12H,2,5-6,17H2,1H3/t12-/m0/s1. The van der Waals surface area contributed by atoms with Gasteiger partial charge in [-0.2, -0.15) is 0 Å². The van der Waals surface area contributed by atoms with Gasteiger partial charge >= 0.3 is 5.97 Å². The topological polar surface area (TPSA) is 91.5 Å². The molecular weight excluding hydrogens is 284 g/mol. The molecule has 0 aromatic carbocycles. The summed E-state index contributed by atoms with van der Waals surface area (Å²) in [5, 5.41) is 0. The van der Waals surface area contributed by atoms with Gasteiger partial charge in [-0.25, -0.2) is 4.79 Å². The van der Waals surface area contributed by atoms with Gasteiger partial charge in [0.25, 0.3) is 0 Å². The van der Waals surface area contributed by atoms with Crippen LogP contribution in [0.5, 0.6) is 0 Å². The van der Waals surface area contributed by atoms with Crippen molar-refractivity contribution in [2.24, 2.45) is 5.73 Å². The smallest absolute Gasteiger partial charge is 0.340 e. The zero-order valence-electron chi connectivity index (χ0n) is 12.2. The van der Waals surface area contributed by atoms with Crippen LogP contribution in [0.15, 0.2) is 47.3 Å². The summed E-state index contributed by atoms with van der Waals surface area (Å²) in [6.45, 7) is 0. The first-order valence-corrected chi connectivity index (χ1v) is 7.05. The lowest BCUT2D eigenvalue weighted by atomic mass is 9.77. The minimum Gasteiger partial charge on any atom is -0.465 e. The van der Waals surface area contributed by atoms with Gasteiger partial charge < -0.3 is 15.2 Å². The molecule has 114 valence electrons. The highest BCUT2D eigenvalue weighted by atomic mass is 16.5. The average molecular weight is 300 g/mol. The van der Waals surface area contributed by atoms with E-state index in [-0.39, 0.29) is 17.2 Å². The number of pyridine rings is 1. The van der Waals surface area contributed by atoms with Crippen molar-refractivity contribution in [1.29, 1.82) is 0 Å². The molecule has 1 atom stereocenters. The lowest BCUT2D eigenvalue weighted by molar-refractivity contribution is -0.136. The van der Waals surface area contributed by atoms with Gasteiger partial charge in [0.2, 0.25) is 5.88 Å². The molecule has 1 aromatic rings. The van der Waals surface area contributed by atoms with Crippen molar-refractivity contribution in [2.75, 3.05) is 7.11 Å².